The Morgan fingerprint density at radius 1 is 0.339 bits per heavy atom. The molecule has 0 unspecified atom stereocenters. The number of hydrogen-bond donors (Lipinski definition) is 0. The van der Waals surface area contributed by atoms with Gasteiger partial charge in [-0.25, -0.2) is 0 Å². The van der Waals surface area contributed by atoms with Gasteiger partial charge in [-0.2, -0.15) is 0 Å². The SMILES string of the molecule is c1ccc(C2(c3ccccc3)c3cc(-c4ccc5c6c(cccc46)-c4ccccc4O5)ccc3-c3c2c(-c2ccc4ccccc4c2)cc2ccccc32)cc1. The van der Waals surface area contributed by atoms with Crippen LogP contribution < -0.4 is 4.74 Å². The van der Waals surface area contributed by atoms with E-state index in [4.69, 9.17) is 4.74 Å². The Bertz CT molecular complexity index is 3170. The van der Waals surface area contributed by atoms with E-state index in [-0.39, 0.29) is 0 Å². The van der Waals surface area contributed by atoms with E-state index >= 15 is 0 Å². The molecule has 1 heteroatoms. The maximum atomic E-state index is 6.53. The molecule has 0 saturated heterocycles. The maximum Gasteiger partial charge on any atom is 0.135 e. The molecule has 1 aliphatic heterocycles. The van der Waals surface area contributed by atoms with E-state index < -0.39 is 5.41 Å². The first-order valence-electron chi connectivity index (χ1n) is 19.4. The highest BCUT2D eigenvalue weighted by atomic mass is 16.5. The van der Waals surface area contributed by atoms with Gasteiger partial charge in [0.25, 0.3) is 0 Å². The van der Waals surface area contributed by atoms with E-state index in [1.807, 2.05) is 6.07 Å². The standard InChI is InChI=1S/C55H34O/c1-3-17-40(18-4-1)55(41-19-5-2-6-20-41)49-34-39(42-30-31-51-52-45(42)23-13-24-46(52)44-22-11-12-25-50(44)56-51)28-29-47(49)53-43-21-10-9-16-37(43)33-48(54(53)55)38-27-26-35-14-7-8-15-36(35)32-38/h1-34H. The van der Waals surface area contributed by atoms with Crippen LogP contribution in [0.15, 0.2) is 206 Å². The number of hydrogen-bond acceptors (Lipinski definition) is 1. The first-order chi connectivity index (χ1) is 27.8. The topological polar surface area (TPSA) is 9.23 Å². The van der Waals surface area contributed by atoms with Crippen LogP contribution in [-0.4, -0.2) is 0 Å². The number of ether oxygens (including phenoxy) is 1. The molecule has 0 aromatic heterocycles. The average Bonchev–Trinajstić information content (AvgIpc) is 3.58. The zero-order chi connectivity index (χ0) is 36.8. The molecule has 1 nitrogen and oxygen atoms in total. The van der Waals surface area contributed by atoms with E-state index in [0.29, 0.717) is 0 Å². The molecule has 260 valence electrons. The summed E-state index contributed by atoms with van der Waals surface area (Å²) in [6.45, 7) is 0. The Kier molecular flexibility index (Phi) is 6.62. The number of fused-ring (bicyclic) bond motifs is 8. The summed E-state index contributed by atoms with van der Waals surface area (Å²) in [5.41, 5.74) is 14.3. The normalized spacial score (nSPS) is 13.3. The summed E-state index contributed by atoms with van der Waals surface area (Å²) in [6, 6.07) is 76.1. The minimum absolute atomic E-state index is 0.609. The smallest absolute Gasteiger partial charge is 0.135 e. The van der Waals surface area contributed by atoms with Crippen molar-refractivity contribution in [3.8, 4) is 56.0 Å². The second-order valence-corrected chi connectivity index (χ2v) is 15.1. The van der Waals surface area contributed by atoms with Crippen LogP contribution in [0.3, 0.4) is 0 Å². The molecular weight excluding hydrogens is 677 g/mol. The number of rotatable bonds is 4. The molecule has 0 spiro atoms. The average molecular weight is 711 g/mol. The van der Waals surface area contributed by atoms with Crippen molar-refractivity contribution in [2.75, 3.05) is 0 Å². The fourth-order valence-corrected chi connectivity index (χ4v) is 9.95. The molecule has 10 aromatic carbocycles. The summed E-state index contributed by atoms with van der Waals surface area (Å²) in [4.78, 5) is 0. The van der Waals surface area contributed by atoms with Gasteiger partial charge in [0.15, 0.2) is 0 Å². The van der Waals surface area contributed by atoms with Gasteiger partial charge in [0.05, 0.1) is 5.41 Å². The van der Waals surface area contributed by atoms with E-state index in [2.05, 4.69) is 200 Å². The lowest BCUT2D eigenvalue weighted by Gasteiger charge is -2.36. The highest BCUT2D eigenvalue weighted by Gasteiger charge is 2.48. The van der Waals surface area contributed by atoms with Gasteiger partial charge in [-0.15, -0.1) is 0 Å². The second kappa shape index (κ2) is 11.9. The van der Waals surface area contributed by atoms with Crippen molar-refractivity contribution >= 4 is 32.3 Å². The lowest BCUT2D eigenvalue weighted by molar-refractivity contribution is 0.487. The Hall–Kier alpha value is -7.22. The van der Waals surface area contributed by atoms with Gasteiger partial charge >= 0.3 is 0 Å². The predicted octanol–water partition coefficient (Wildman–Crippen LogP) is 14.6. The Morgan fingerprint density at radius 3 is 1.79 bits per heavy atom. The van der Waals surface area contributed by atoms with Gasteiger partial charge in [0, 0.05) is 10.9 Å². The van der Waals surface area contributed by atoms with Crippen LogP contribution in [0.25, 0.3) is 76.8 Å². The van der Waals surface area contributed by atoms with Crippen molar-refractivity contribution in [1.29, 1.82) is 0 Å². The number of para-hydroxylation sites is 1. The molecule has 0 N–H and O–H groups in total. The van der Waals surface area contributed by atoms with E-state index in [1.165, 1.54) is 88.1 Å². The summed E-state index contributed by atoms with van der Waals surface area (Å²) in [5.74, 6) is 1.81. The van der Waals surface area contributed by atoms with Gasteiger partial charge in [-0.1, -0.05) is 176 Å². The van der Waals surface area contributed by atoms with Crippen molar-refractivity contribution in [3.05, 3.63) is 229 Å². The molecule has 56 heavy (non-hydrogen) atoms. The van der Waals surface area contributed by atoms with Crippen LogP contribution in [-0.2, 0) is 5.41 Å². The fraction of sp³-hybridized carbons (Fsp3) is 0.0182. The zero-order valence-electron chi connectivity index (χ0n) is 30.5. The first kappa shape index (κ1) is 31.2. The molecule has 2 aliphatic rings. The van der Waals surface area contributed by atoms with Crippen LogP contribution in [0.2, 0.25) is 0 Å². The molecule has 0 radical (unpaired) electrons. The quantitative estimate of drug-likeness (QED) is 0.177. The van der Waals surface area contributed by atoms with Gasteiger partial charge < -0.3 is 4.74 Å². The monoisotopic (exact) mass is 710 g/mol. The highest BCUT2D eigenvalue weighted by Crippen LogP contribution is 2.61. The number of benzene rings is 10. The van der Waals surface area contributed by atoms with E-state index in [0.717, 1.165) is 22.4 Å². The summed E-state index contributed by atoms with van der Waals surface area (Å²) in [5, 5.41) is 7.35. The zero-order valence-corrected chi connectivity index (χ0v) is 30.5. The van der Waals surface area contributed by atoms with Crippen LogP contribution in [0.4, 0.5) is 0 Å². The lowest BCUT2D eigenvalue weighted by atomic mass is 9.65. The Balaban J connectivity index is 1.21. The molecule has 0 fully saturated rings. The molecule has 12 rings (SSSR count). The van der Waals surface area contributed by atoms with Crippen molar-refractivity contribution in [2.45, 2.75) is 5.41 Å². The van der Waals surface area contributed by atoms with Crippen molar-refractivity contribution in [1.82, 2.24) is 0 Å². The van der Waals surface area contributed by atoms with Crippen molar-refractivity contribution in [3.63, 3.8) is 0 Å². The minimum atomic E-state index is -0.609. The van der Waals surface area contributed by atoms with Crippen LogP contribution >= 0.6 is 0 Å². The molecule has 0 saturated carbocycles. The van der Waals surface area contributed by atoms with Crippen LogP contribution in [0, 0.1) is 0 Å². The van der Waals surface area contributed by atoms with Gasteiger partial charge in [-0.05, 0) is 118 Å². The molecule has 1 aliphatic carbocycles. The third-order valence-electron chi connectivity index (χ3n) is 12.3. The van der Waals surface area contributed by atoms with E-state index in [1.54, 1.807) is 0 Å². The first-order valence-corrected chi connectivity index (χ1v) is 19.4. The largest absolute Gasteiger partial charge is 0.456 e. The minimum Gasteiger partial charge on any atom is -0.456 e. The van der Waals surface area contributed by atoms with Crippen molar-refractivity contribution in [2.24, 2.45) is 0 Å². The second-order valence-electron chi connectivity index (χ2n) is 15.1. The summed E-state index contributed by atoms with van der Waals surface area (Å²) in [6.07, 6.45) is 0. The molecule has 10 aromatic rings. The third-order valence-corrected chi connectivity index (χ3v) is 12.3. The van der Waals surface area contributed by atoms with Gasteiger partial charge in [-0.3, -0.25) is 0 Å². The van der Waals surface area contributed by atoms with Crippen LogP contribution in [0.5, 0.6) is 11.5 Å². The Labute approximate surface area is 325 Å². The molecule has 1 heterocycles. The lowest BCUT2D eigenvalue weighted by Crippen LogP contribution is -2.29. The van der Waals surface area contributed by atoms with Gasteiger partial charge in [0.1, 0.15) is 11.5 Å². The molecule has 0 bridgehead atoms. The molecule has 0 amide bonds. The third kappa shape index (κ3) is 4.31. The van der Waals surface area contributed by atoms with E-state index in [9.17, 15) is 0 Å². The molecular formula is C55H34O. The maximum absolute atomic E-state index is 6.53. The van der Waals surface area contributed by atoms with Gasteiger partial charge in [0.2, 0.25) is 0 Å². The fourth-order valence-electron chi connectivity index (χ4n) is 9.95. The highest BCUT2D eigenvalue weighted by molar-refractivity contribution is 6.12. The molecule has 0 atom stereocenters. The van der Waals surface area contributed by atoms with Crippen molar-refractivity contribution < 1.29 is 4.74 Å². The Morgan fingerprint density at radius 2 is 0.964 bits per heavy atom. The van der Waals surface area contributed by atoms with Crippen LogP contribution in [0.1, 0.15) is 22.3 Å². The summed E-state index contributed by atoms with van der Waals surface area (Å²) < 4.78 is 6.53. The predicted molar refractivity (Wildman–Crippen MR) is 233 cm³/mol. The summed E-state index contributed by atoms with van der Waals surface area (Å²) in [7, 11) is 0. The summed E-state index contributed by atoms with van der Waals surface area (Å²) >= 11 is 0.